The first kappa shape index (κ1) is 27.4. The summed E-state index contributed by atoms with van der Waals surface area (Å²) in [5, 5.41) is 11.5. The molecule has 5 atom stereocenters. The Morgan fingerprint density at radius 1 is 0.946 bits per heavy atom. The highest BCUT2D eigenvalue weighted by molar-refractivity contribution is 5.85. The second kappa shape index (κ2) is 9.92. The molecule has 200 valence electrons. The summed E-state index contributed by atoms with van der Waals surface area (Å²) in [6.07, 6.45) is -6.14. The summed E-state index contributed by atoms with van der Waals surface area (Å²) in [6.45, 7) is 1.49. The first-order valence-electron chi connectivity index (χ1n) is 11.6. The summed E-state index contributed by atoms with van der Waals surface area (Å²) in [4.78, 5) is 0. The van der Waals surface area contributed by atoms with Crippen molar-refractivity contribution in [3.05, 3.63) is 83.4 Å². The maximum atomic E-state index is 13.4. The Hall–Kier alpha value is -2.63. The Balaban J connectivity index is 0.00000320. The zero-order chi connectivity index (χ0) is 25.7. The van der Waals surface area contributed by atoms with Gasteiger partial charge in [0.1, 0.15) is 12.7 Å². The molecule has 2 saturated heterocycles. The molecule has 0 unspecified atom stereocenters. The van der Waals surface area contributed by atoms with Crippen LogP contribution < -0.4 is 5.32 Å². The fraction of sp³-hybridized carbons (Fsp3) is 0.440. The molecule has 1 N–H and O–H groups in total. The van der Waals surface area contributed by atoms with Crippen molar-refractivity contribution < 1.29 is 31.1 Å². The van der Waals surface area contributed by atoms with Crippen LogP contribution in [0.5, 0.6) is 0 Å². The van der Waals surface area contributed by atoms with Crippen molar-refractivity contribution in [1.29, 1.82) is 0 Å². The molecular weight excluding hydrogens is 522 g/mol. The topological polar surface area (TPSA) is 52.0 Å². The molecule has 0 radical (unpaired) electrons. The monoisotopic (exact) mass is 546 g/mol. The first-order valence-corrected chi connectivity index (χ1v) is 11.6. The molecule has 0 saturated carbocycles. The standard InChI is InChI=1S/C25H24F6N4O.ClH/c1-15(16-9-18(24(26,27)28)11-19(10-16)25(29,30)31)36-22-8-7-20-21(35-13-32-33-14-35)12-23(22,34-20)17-5-3-2-4-6-17;/h2-6,9-11,13-15,20-22,34H,7-8,12H2,1H3;1H/t15-,20-,21+,22+,23+;/m0./s1. The van der Waals surface area contributed by atoms with Gasteiger partial charge in [-0.15, -0.1) is 22.6 Å². The van der Waals surface area contributed by atoms with Gasteiger partial charge in [-0.2, -0.15) is 26.3 Å². The summed E-state index contributed by atoms with van der Waals surface area (Å²) in [5.74, 6) is 0. The highest BCUT2D eigenvalue weighted by atomic mass is 35.5. The minimum absolute atomic E-state index is 0. The van der Waals surface area contributed by atoms with Crippen molar-refractivity contribution >= 4 is 12.4 Å². The number of hydrogen-bond donors (Lipinski definition) is 1. The van der Waals surface area contributed by atoms with E-state index in [1.54, 1.807) is 12.7 Å². The average molecular weight is 547 g/mol. The molecule has 0 aliphatic carbocycles. The maximum Gasteiger partial charge on any atom is 0.416 e. The summed E-state index contributed by atoms with van der Waals surface area (Å²) >= 11 is 0. The Kier molecular flexibility index (Phi) is 7.35. The molecule has 5 rings (SSSR count). The molecular formula is C25H25ClF6N4O. The maximum absolute atomic E-state index is 13.4. The van der Waals surface area contributed by atoms with Gasteiger partial charge in [-0.25, -0.2) is 0 Å². The number of alkyl halides is 6. The van der Waals surface area contributed by atoms with Crippen LogP contribution in [0.4, 0.5) is 26.3 Å². The van der Waals surface area contributed by atoms with Gasteiger partial charge in [0, 0.05) is 6.04 Å². The van der Waals surface area contributed by atoms with Crippen LogP contribution in [-0.4, -0.2) is 26.9 Å². The Morgan fingerprint density at radius 2 is 1.54 bits per heavy atom. The first-order chi connectivity index (χ1) is 17.0. The van der Waals surface area contributed by atoms with Crippen LogP contribution in [0.25, 0.3) is 0 Å². The SMILES string of the molecule is C[C@H](O[C@@H]1CC[C@@H]2N[C@@]1(c1ccccc1)C[C@H]2n1cnnc1)c1cc(C(F)(F)F)cc(C(F)(F)F)c1.Cl. The molecule has 12 heteroatoms. The summed E-state index contributed by atoms with van der Waals surface area (Å²) in [6, 6.07) is 11.3. The van der Waals surface area contributed by atoms with E-state index in [-0.39, 0.29) is 36.1 Å². The smallest absolute Gasteiger partial charge is 0.368 e. The van der Waals surface area contributed by atoms with Crippen molar-refractivity contribution in [1.82, 2.24) is 20.1 Å². The van der Waals surface area contributed by atoms with E-state index >= 15 is 0 Å². The molecule has 0 amide bonds. The number of aromatic nitrogens is 3. The number of ether oxygens (including phenoxy) is 1. The van der Waals surface area contributed by atoms with Gasteiger partial charge in [-0.3, -0.25) is 0 Å². The average Bonchev–Trinajstić information content (AvgIpc) is 3.47. The van der Waals surface area contributed by atoms with Crippen molar-refractivity contribution in [2.75, 3.05) is 0 Å². The molecule has 2 aliphatic rings. The summed E-state index contributed by atoms with van der Waals surface area (Å²) in [5.41, 5.74) is -2.60. The summed E-state index contributed by atoms with van der Waals surface area (Å²) < 4.78 is 88.7. The van der Waals surface area contributed by atoms with E-state index in [1.165, 1.54) is 6.92 Å². The van der Waals surface area contributed by atoms with E-state index < -0.39 is 41.2 Å². The van der Waals surface area contributed by atoms with Gasteiger partial charge in [0.2, 0.25) is 0 Å². The van der Waals surface area contributed by atoms with Crippen LogP contribution >= 0.6 is 12.4 Å². The lowest BCUT2D eigenvalue weighted by Crippen LogP contribution is -2.54. The number of piperidine rings is 1. The van der Waals surface area contributed by atoms with E-state index in [0.29, 0.717) is 19.3 Å². The lowest BCUT2D eigenvalue weighted by Gasteiger charge is -2.43. The van der Waals surface area contributed by atoms with Crippen molar-refractivity contribution in [3.8, 4) is 0 Å². The predicted molar refractivity (Wildman–Crippen MR) is 125 cm³/mol. The van der Waals surface area contributed by atoms with Crippen molar-refractivity contribution in [3.63, 3.8) is 0 Å². The predicted octanol–water partition coefficient (Wildman–Crippen LogP) is 6.48. The lowest BCUT2D eigenvalue weighted by atomic mass is 9.80. The lowest BCUT2D eigenvalue weighted by molar-refractivity contribution is -0.143. The van der Waals surface area contributed by atoms with Crippen LogP contribution in [0.1, 0.15) is 60.6 Å². The van der Waals surface area contributed by atoms with Gasteiger partial charge in [-0.1, -0.05) is 30.3 Å². The normalized spacial score (nSPS) is 26.5. The minimum Gasteiger partial charge on any atom is -0.368 e. The third kappa shape index (κ3) is 5.21. The van der Waals surface area contributed by atoms with Gasteiger partial charge >= 0.3 is 12.4 Å². The van der Waals surface area contributed by atoms with Gasteiger partial charge in [0.15, 0.2) is 0 Å². The van der Waals surface area contributed by atoms with E-state index in [2.05, 4.69) is 15.5 Å². The van der Waals surface area contributed by atoms with Gasteiger partial charge in [0.05, 0.1) is 34.9 Å². The van der Waals surface area contributed by atoms with E-state index in [4.69, 9.17) is 4.74 Å². The van der Waals surface area contributed by atoms with E-state index in [1.807, 2.05) is 34.9 Å². The van der Waals surface area contributed by atoms with E-state index in [0.717, 1.165) is 17.7 Å². The number of benzene rings is 2. The van der Waals surface area contributed by atoms with Crippen molar-refractivity contribution in [2.24, 2.45) is 0 Å². The quantitative estimate of drug-likeness (QED) is 0.372. The number of rotatable bonds is 5. The third-order valence-corrected chi connectivity index (χ3v) is 7.28. The van der Waals surface area contributed by atoms with Crippen LogP contribution in [0.15, 0.2) is 61.2 Å². The number of nitrogens with zero attached hydrogens (tertiary/aromatic N) is 3. The molecule has 2 bridgehead atoms. The van der Waals surface area contributed by atoms with Crippen LogP contribution in [0.3, 0.4) is 0 Å². The van der Waals surface area contributed by atoms with Crippen LogP contribution in [0.2, 0.25) is 0 Å². The molecule has 3 heterocycles. The van der Waals surface area contributed by atoms with Crippen LogP contribution in [-0.2, 0) is 22.6 Å². The molecule has 3 aromatic rings. The minimum atomic E-state index is -4.92. The third-order valence-electron chi connectivity index (χ3n) is 7.28. The number of fused-ring (bicyclic) bond motifs is 2. The Labute approximate surface area is 215 Å². The van der Waals surface area contributed by atoms with Gasteiger partial charge < -0.3 is 14.6 Å². The highest BCUT2D eigenvalue weighted by Gasteiger charge is 2.55. The Morgan fingerprint density at radius 3 is 2.11 bits per heavy atom. The zero-order valence-corrected chi connectivity index (χ0v) is 20.4. The van der Waals surface area contributed by atoms with E-state index in [9.17, 15) is 26.3 Å². The largest absolute Gasteiger partial charge is 0.416 e. The second-order valence-corrected chi connectivity index (χ2v) is 9.45. The van der Waals surface area contributed by atoms with Crippen LogP contribution in [0, 0.1) is 0 Å². The molecule has 5 nitrogen and oxygen atoms in total. The molecule has 37 heavy (non-hydrogen) atoms. The number of nitrogens with one attached hydrogen (secondary N) is 1. The fourth-order valence-electron chi connectivity index (χ4n) is 5.56. The van der Waals surface area contributed by atoms with Gasteiger partial charge in [0.25, 0.3) is 0 Å². The number of halogens is 7. The molecule has 2 fully saturated rings. The summed E-state index contributed by atoms with van der Waals surface area (Å²) in [7, 11) is 0. The highest BCUT2D eigenvalue weighted by Crippen LogP contribution is 2.50. The second-order valence-electron chi connectivity index (χ2n) is 9.45. The molecule has 1 aromatic heterocycles. The number of hydrogen-bond acceptors (Lipinski definition) is 4. The van der Waals surface area contributed by atoms with Gasteiger partial charge in [-0.05, 0) is 55.5 Å². The molecule has 2 aromatic carbocycles. The fourth-order valence-corrected chi connectivity index (χ4v) is 5.56. The zero-order valence-electron chi connectivity index (χ0n) is 19.6. The molecule has 0 spiro atoms. The Bertz CT molecular complexity index is 1170. The molecule has 2 aliphatic heterocycles. The van der Waals surface area contributed by atoms with Crippen molar-refractivity contribution in [2.45, 2.75) is 68.4 Å².